The second-order valence-corrected chi connectivity index (χ2v) is 8.37. The molecule has 4 nitrogen and oxygen atoms in total. The fraction of sp³-hybridized carbons (Fsp3) is 0.667. The van der Waals surface area contributed by atoms with Crippen LogP contribution in [0.3, 0.4) is 0 Å². The normalized spacial score (nSPS) is 30.5. The zero-order valence-corrected chi connectivity index (χ0v) is 15.2. The molecule has 4 atom stereocenters. The monoisotopic (exact) mass is 342 g/mol. The summed E-state index contributed by atoms with van der Waals surface area (Å²) in [6, 6.07) is 8.21. The molecular formula is C21H30N2O2. The first-order valence-corrected chi connectivity index (χ1v) is 9.94. The minimum absolute atomic E-state index is 0.0517. The lowest BCUT2D eigenvalue weighted by Crippen LogP contribution is -2.40. The molecule has 0 spiro atoms. The number of nitrogens with zero attached hydrogens (tertiary/aromatic N) is 1. The van der Waals surface area contributed by atoms with Crippen LogP contribution in [0.5, 0.6) is 0 Å². The summed E-state index contributed by atoms with van der Waals surface area (Å²) >= 11 is 0. The minimum Gasteiger partial charge on any atom is -0.393 e. The highest BCUT2D eigenvalue weighted by Gasteiger charge is 2.42. The van der Waals surface area contributed by atoms with Gasteiger partial charge in [-0.3, -0.25) is 4.79 Å². The molecule has 1 amide bonds. The maximum atomic E-state index is 12.6. The van der Waals surface area contributed by atoms with Gasteiger partial charge in [-0.25, -0.2) is 0 Å². The van der Waals surface area contributed by atoms with Crippen LogP contribution < -0.4 is 10.2 Å². The summed E-state index contributed by atoms with van der Waals surface area (Å²) in [5.74, 6) is 2.46. The summed E-state index contributed by atoms with van der Waals surface area (Å²) in [5.41, 5.74) is 1.89. The molecule has 1 heterocycles. The number of amides is 1. The summed E-state index contributed by atoms with van der Waals surface area (Å²) in [6.07, 6.45) is 6.92. The van der Waals surface area contributed by atoms with Gasteiger partial charge in [0.2, 0.25) is 0 Å². The fourth-order valence-electron chi connectivity index (χ4n) is 5.25. The summed E-state index contributed by atoms with van der Waals surface area (Å²) in [7, 11) is 0. The number of piperidine rings is 1. The quantitative estimate of drug-likeness (QED) is 0.883. The highest BCUT2D eigenvalue weighted by atomic mass is 16.3. The lowest BCUT2D eigenvalue weighted by Gasteiger charge is -2.31. The topological polar surface area (TPSA) is 52.6 Å². The van der Waals surface area contributed by atoms with Crippen LogP contribution in [0.1, 0.15) is 55.8 Å². The van der Waals surface area contributed by atoms with Gasteiger partial charge in [-0.2, -0.15) is 0 Å². The first-order chi connectivity index (χ1) is 12.1. The highest BCUT2D eigenvalue weighted by Crippen LogP contribution is 2.49. The predicted molar refractivity (Wildman–Crippen MR) is 99.8 cm³/mol. The van der Waals surface area contributed by atoms with Crippen molar-refractivity contribution in [2.24, 2.45) is 17.8 Å². The Hall–Kier alpha value is -1.55. The predicted octanol–water partition coefficient (Wildman–Crippen LogP) is 3.20. The Bertz CT molecular complexity index is 607. The van der Waals surface area contributed by atoms with Gasteiger partial charge in [0.1, 0.15) is 0 Å². The molecule has 2 bridgehead atoms. The Balaban J connectivity index is 1.34. The molecule has 3 fully saturated rings. The van der Waals surface area contributed by atoms with Gasteiger partial charge in [0.15, 0.2) is 0 Å². The Morgan fingerprint density at radius 3 is 2.44 bits per heavy atom. The smallest absolute Gasteiger partial charge is 0.251 e. The highest BCUT2D eigenvalue weighted by molar-refractivity contribution is 5.94. The maximum absolute atomic E-state index is 12.6. The van der Waals surface area contributed by atoms with Crippen LogP contribution in [0.25, 0.3) is 0 Å². The molecule has 25 heavy (non-hydrogen) atoms. The molecule has 1 saturated heterocycles. The van der Waals surface area contributed by atoms with E-state index in [0.717, 1.165) is 49.0 Å². The maximum Gasteiger partial charge on any atom is 0.251 e. The molecule has 4 heteroatoms. The number of carbonyl (C=O) groups excluding carboxylic acids is 1. The Morgan fingerprint density at radius 1 is 1.12 bits per heavy atom. The number of benzene rings is 1. The molecule has 0 aromatic heterocycles. The van der Waals surface area contributed by atoms with Crippen LogP contribution in [0.2, 0.25) is 0 Å². The lowest BCUT2D eigenvalue weighted by molar-refractivity contribution is 0.0915. The zero-order chi connectivity index (χ0) is 17.4. The van der Waals surface area contributed by atoms with Crippen LogP contribution in [-0.2, 0) is 0 Å². The van der Waals surface area contributed by atoms with Gasteiger partial charge in [-0.1, -0.05) is 6.42 Å². The van der Waals surface area contributed by atoms with Crippen molar-refractivity contribution in [3.63, 3.8) is 0 Å². The van der Waals surface area contributed by atoms with Gasteiger partial charge >= 0.3 is 0 Å². The number of hydrogen-bond donors (Lipinski definition) is 2. The Labute approximate surface area is 150 Å². The molecule has 3 aliphatic rings. The van der Waals surface area contributed by atoms with Crippen LogP contribution in [0.15, 0.2) is 24.3 Å². The fourth-order valence-corrected chi connectivity index (χ4v) is 5.25. The number of fused-ring (bicyclic) bond motifs is 2. The third-order valence-corrected chi connectivity index (χ3v) is 6.75. The Morgan fingerprint density at radius 2 is 1.84 bits per heavy atom. The van der Waals surface area contributed by atoms with Crippen LogP contribution in [0.4, 0.5) is 5.69 Å². The van der Waals surface area contributed by atoms with Crippen molar-refractivity contribution in [1.29, 1.82) is 0 Å². The average molecular weight is 342 g/mol. The molecule has 1 aromatic rings. The molecule has 1 aromatic carbocycles. The summed E-state index contributed by atoms with van der Waals surface area (Å²) in [5, 5.41) is 12.9. The van der Waals surface area contributed by atoms with Crippen molar-refractivity contribution in [1.82, 2.24) is 5.32 Å². The van der Waals surface area contributed by atoms with E-state index in [1.54, 1.807) is 0 Å². The van der Waals surface area contributed by atoms with E-state index in [0.29, 0.717) is 5.92 Å². The Kier molecular flexibility index (Phi) is 4.72. The SMILES string of the molecule is CC(NC(=O)c1ccc(N2CCC(O)CC2)cc1)C1CC2CCC1C2. The van der Waals surface area contributed by atoms with E-state index >= 15 is 0 Å². The largest absolute Gasteiger partial charge is 0.393 e. The van der Waals surface area contributed by atoms with E-state index in [-0.39, 0.29) is 18.1 Å². The molecule has 4 unspecified atom stereocenters. The van der Waals surface area contributed by atoms with E-state index in [4.69, 9.17) is 0 Å². The van der Waals surface area contributed by atoms with E-state index < -0.39 is 0 Å². The van der Waals surface area contributed by atoms with Crippen molar-refractivity contribution in [2.75, 3.05) is 18.0 Å². The number of carbonyl (C=O) groups is 1. The van der Waals surface area contributed by atoms with Gasteiger partial charge in [-0.15, -0.1) is 0 Å². The molecular weight excluding hydrogens is 312 g/mol. The first kappa shape index (κ1) is 16.9. The van der Waals surface area contributed by atoms with Crippen LogP contribution in [0, 0.1) is 17.8 Å². The number of rotatable bonds is 4. The van der Waals surface area contributed by atoms with Crippen LogP contribution in [-0.4, -0.2) is 36.2 Å². The van der Waals surface area contributed by atoms with Gasteiger partial charge in [0, 0.05) is 30.4 Å². The van der Waals surface area contributed by atoms with Gasteiger partial charge in [0.05, 0.1) is 6.10 Å². The number of aliphatic hydroxyl groups is 1. The average Bonchev–Trinajstić information content (AvgIpc) is 3.26. The third-order valence-electron chi connectivity index (χ3n) is 6.75. The first-order valence-electron chi connectivity index (χ1n) is 9.94. The molecule has 2 N–H and O–H groups in total. The molecule has 136 valence electrons. The zero-order valence-electron chi connectivity index (χ0n) is 15.2. The molecule has 0 radical (unpaired) electrons. The molecule has 2 saturated carbocycles. The van der Waals surface area contributed by atoms with E-state index in [9.17, 15) is 9.90 Å². The van der Waals surface area contributed by atoms with Crippen molar-refractivity contribution < 1.29 is 9.90 Å². The van der Waals surface area contributed by atoms with Crippen molar-refractivity contribution in [3.8, 4) is 0 Å². The third kappa shape index (κ3) is 3.55. The number of hydrogen-bond acceptors (Lipinski definition) is 3. The summed E-state index contributed by atoms with van der Waals surface area (Å²) < 4.78 is 0. The van der Waals surface area contributed by atoms with Crippen molar-refractivity contribution >= 4 is 11.6 Å². The lowest BCUT2D eigenvalue weighted by atomic mass is 9.84. The molecule has 1 aliphatic heterocycles. The summed E-state index contributed by atoms with van der Waals surface area (Å²) in [6.45, 7) is 3.94. The van der Waals surface area contributed by atoms with Crippen LogP contribution >= 0.6 is 0 Å². The van der Waals surface area contributed by atoms with Gasteiger partial charge in [0.25, 0.3) is 5.91 Å². The minimum atomic E-state index is -0.159. The standard InChI is InChI=1S/C21H30N2O2/c1-14(20-13-15-2-3-17(20)12-15)22-21(25)16-4-6-18(7-5-16)23-10-8-19(24)9-11-23/h4-7,14-15,17,19-20,24H,2-3,8-13H2,1H3,(H,22,25). The van der Waals surface area contributed by atoms with Gasteiger partial charge < -0.3 is 15.3 Å². The number of anilines is 1. The molecule has 4 rings (SSSR count). The number of aliphatic hydroxyl groups excluding tert-OH is 1. The molecule has 2 aliphatic carbocycles. The van der Waals surface area contributed by atoms with Crippen molar-refractivity contribution in [2.45, 2.75) is 57.6 Å². The second-order valence-electron chi connectivity index (χ2n) is 8.37. The van der Waals surface area contributed by atoms with Gasteiger partial charge in [-0.05, 0) is 81.0 Å². The van der Waals surface area contributed by atoms with E-state index in [1.165, 1.54) is 25.7 Å². The number of nitrogens with one attached hydrogen (secondary N) is 1. The van der Waals surface area contributed by atoms with E-state index in [1.807, 2.05) is 24.3 Å². The van der Waals surface area contributed by atoms with E-state index in [2.05, 4.69) is 17.1 Å². The second kappa shape index (κ2) is 6.99. The van der Waals surface area contributed by atoms with Crippen molar-refractivity contribution in [3.05, 3.63) is 29.8 Å². The summed E-state index contributed by atoms with van der Waals surface area (Å²) in [4.78, 5) is 14.9.